The number of hydrogen-bond acceptors (Lipinski definition) is 3. The largest absolute Gasteiger partial charge is 0.494 e. The van der Waals surface area contributed by atoms with Gasteiger partial charge in [-0.05, 0) is 44.9 Å². The minimum Gasteiger partial charge on any atom is -0.494 e. The molecule has 0 amide bonds. The molecule has 0 radical (unpaired) electrons. The molecular formula is C16H23NO2. The summed E-state index contributed by atoms with van der Waals surface area (Å²) in [6.07, 6.45) is 2.50. The zero-order valence-electron chi connectivity index (χ0n) is 12.0. The zero-order chi connectivity index (χ0) is 13.4. The topological polar surface area (TPSA) is 30.5 Å². The minimum atomic E-state index is 0.286. The van der Waals surface area contributed by atoms with E-state index in [-0.39, 0.29) is 6.10 Å². The van der Waals surface area contributed by atoms with Crippen molar-refractivity contribution in [3.63, 3.8) is 0 Å². The fourth-order valence-electron chi connectivity index (χ4n) is 3.23. The second-order valence-corrected chi connectivity index (χ2v) is 5.76. The Labute approximate surface area is 115 Å². The second kappa shape index (κ2) is 5.04. The maximum Gasteiger partial charge on any atom is 0.124 e. The lowest BCUT2D eigenvalue weighted by Crippen LogP contribution is -2.17. The van der Waals surface area contributed by atoms with Crippen molar-refractivity contribution < 1.29 is 9.47 Å². The van der Waals surface area contributed by atoms with Crippen LogP contribution in [0.3, 0.4) is 0 Å². The van der Waals surface area contributed by atoms with E-state index in [2.05, 4.69) is 31.3 Å². The van der Waals surface area contributed by atoms with Crippen LogP contribution < -0.4 is 14.8 Å². The molecule has 1 fully saturated rings. The monoisotopic (exact) mass is 261 g/mol. The molecule has 2 aliphatic heterocycles. The molecule has 104 valence electrons. The molecule has 2 heterocycles. The second-order valence-electron chi connectivity index (χ2n) is 5.76. The van der Waals surface area contributed by atoms with Crippen molar-refractivity contribution in [2.45, 2.75) is 45.8 Å². The third-order valence-corrected chi connectivity index (χ3v) is 4.20. The summed E-state index contributed by atoms with van der Waals surface area (Å²) < 4.78 is 11.8. The van der Waals surface area contributed by atoms with E-state index in [0.717, 1.165) is 24.5 Å². The molecule has 0 bridgehead atoms. The Kier molecular flexibility index (Phi) is 3.40. The van der Waals surface area contributed by atoms with Crippen molar-refractivity contribution >= 4 is 0 Å². The predicted molar refractivity (Wildman–Crippen MR) is 75.9 cm³/mol. The van der Waals surface area contributed by atoms with Gasteiger partial charge >= 0.3 is 0 Å². The molecule has 3 heteroatoms. The number of hydrogen-bond donors (Lipinski definition) is 1. The molecule has 3 atom stereocenters. The smallest absolute Gasteiger partial charge is 0.124 e. The molecule has 0 aliphatic carbocycles. The van der Waals surface area contributed by atoms with E-state index in [1.807, 2.05) is 6.92 Å². The van der Waals surface area contributed by atoms with Gasteiger partial charge in [-0.15, -0.1) is 0 Å². The number of fused-ring (bicyclic) bond motifs is 1. The summed E-state index contributed by atoms with van der Waals surface area (Å²) >= 11 is 0. The van der Waals surface area contributed by atoms with Gasteiger partial charge in [-0.25, -0.2) is 0 Å². The summed E-state index contributed by atoms with van der Waals surface area (Å²) in [4.78, 5) is 0. The van der Waals surface area contributed by atoms with E-state index >= 15 is 0 Å². The average molecular weight is 261 g/mol. The van der Waals surface area contributed by atoms with E-state index in [1.54, 1.807) is 0 Å². The highest BCUT2D eigenvalue weighted by atomic mass is 16.5. The molecule has 2 aliphatic rings. The summed E-state index contributed by atoms with van der Waals surface area (Å²) in [5, 5.41) is 3.59. The zero-order valence-corrected chi connectivity index (χ0v) is 12.0. The van der Waals surface area contributed by atoms with E-state index in [1.165, 1.54) is 17.5 Å². The number of ether oxygens (including phenoxy) is 2. The van der Waals surface area contributed by atoms with Crippen molar-refractivity contribution in [2.24, 2.45) is 5.92 Å². The lowest BCUT2D eigenvalue weighted by atomic mass is 9.93. The molecular weight excluding hydrogens is 238 g/mol. The van der Waals surface area contributed by atoms with E-state index in [4.69, 9.17) is 9.47 Å². The normalized spacial score (nSPS) is 29.1. The summed E-state index contributed by atoms with van der Waals surface area (Å²) in [5.74, 6) is 2.73. The van der Waals surface area contributed by atoms with Crippen LogP contribution in [-0.2, 0) is 6.42 Å². The Morgan fingerprint density at radius 1 is 1.37 bits per heavy atom. The highest BCUT2D eigenvalue weighted by molar-refractivity contribution is 5.50. The van der Waals surface area contributed by atoms with Crippen LogP contribution in [0.25, 0.3) is 0 Å². The van der Waals surface area contributed by atoms with Crippen LogP contribution in [0.1, 0.15) is 44.4 Å². The van der Waals surface area contributed by atoms with Gasteiger partial charge in [0.15, 0.2) is 0 Å². The van der Waals surface area contributed by atoms with Gasteiger partial charge in [-0.2, -0.15) is 0 Å². The lowest BCUT2D eigenvalue weighted by Gasteiger charge is -2.21. The van der Waals surface area contributed by atoms with Crippen molar-refractivity contribution in [1.29, 1.82) is 0 Å². The van der Waals surface area contributed by atoms with Crippen LogP contribution in [-0.4, -0.2) is 19.3 Å². The van der Waals surface area contributed by atoms with Crippen molar-refractivity contribution in [3.8, 4) is 11.5 Å². The SMILES string of the molecule is CCOc1cc2c(cc1C1NCCC1C)OC(C)C2. The first-order valence-electron chi connectivity index (χ1n) is 7.38. The summed E-state index contributed by atoms with van der Waals surface area (Å²) in [7, 11) is 0. The molecule has 1 aromatic rings. The number of nitrogens with one attached hydrogen (secondary N) is 1. The van der Waals surface area contributed by atoms with Gasteiger partial charge in [0.2, 0.25) is 0 Å². The van der Waals surface area contributed by atoms with Gasteiger partial charge in [-0.1, -0.05) is 6.92 Å². The summed E-state index contributed by atoms with van der Waals surface area (Å²) in [5.41, 5.74) is 2.55. The Balaban J connectivity index is 1.99. The number of rotatable bonds is 3. The number of benzene rings is 1. The Morgan fingerprint density at radius 3 is 2.89 bits per heavy atom. The van der Waals surface area contributed by atoms with E-state index in [9.17, 15) is 0 Å². The van der Waals surface area contributed by atoms with Gasteiger partial charge in [-0.3, -0.25) is 0 Å². The first-order valence-corrected chi connectivity index (χ1v) is 7.38. The quantitative estimate of drug-likeness (QED) is 0.907. The fraction of sp³-hybridized carbons (Fsp3) is 0.625. The van der Waals surface area contributed by atoms with Crippen LogP contribution in [0.15, 0.2) is 12.1 Å². The van der Waals surface area contributed by atoms with Crippen LogP contribution in [0, 0.1) is 5.92 Å². The molecule has 0 aromatic heterocycles. The maximum atomic E-state index is 5.89. The predicted octanol–water partition coefficient (Wildman–Crippen LogP) is 3.08. The fourth-order valence-corrected chi connectivity index (χ4v) is 3.23. The molecule has 3 rings (SSSR count). The lowest BCUT2D eigenvalue weighted by molar-refractivity contribution is 0.254. The average Bonchev–Trinajstić information content (AvgIpc) is 2.93. The Hall–Kier alpha value is -1.22. The molecule has 3 unspecified atom stereocenters. The Bertz CT molecular complexity index is 472. The first-order chi connectivity index (χ1) is 9.19. The molecule has 1 N–H and O–H groups in total. The third kappa shape index (κ3) is 2.32. The van der Waals surface area contributed by atoms with Gasteiger partial charge in [0, 0.05) is 23.6 Å². The van der Waals surface area contributed by atoms with Gasteiger partial charge < -0.3 is 14.8 Å². The van der Waals surface area contributed by atoms with E-state index in [0.29, 0.717) is 18.6 Å². The highest BCUT2D eigenvalue weighted by Crippen LogP contribution is 2.41. The van der Waals surface area contributed by atoms with Crippen molar-refractivity contribution in [1.82, 2.24) is 5.32 Å². The maximum absolute atomic E-state index is 5.89. The highest BCUT2D eigenvalue weighted by Gasteiger charge is 2.30. The van der Waals surface area contributed by atoms with Crippen LogP contribution >= 0.6 is 0 Å². The van der Waals surface area contributed by atoms with E-state index < -0.39 is 0 Å². The summed E-state index contributed by atoms with van der Waals surface area (Å²) in [6, 6.07) is 4.78. The van der Waals surface area contributed by atoms with Crippen LogP contribution in [0.2, 0.25) is 0 Å². The molecule has 1 saturated heterocycles. The van der Waals surface area contributed by atoms with Crippen LogP contribution in [0.5, 0.6) is 11.5 Å². The van der Waals surface area contributed by atoms with Crippen molar-refractivity contribution in [3.05, 3.63) is 23.3 Å². The van der Waals surface area contributed by atoms with Gasteiger partial charge in [0.1, 0.15) is 17.6 Å². The van der Waals surface area contributed by atoms with Gasteiger partial charge in [0.05, 0.1) is 6.61 Å². The molecule has 0 saturated carbocycles. The Morgan fingerprint density at radius 2 is 2.21 bits per heavy atom. The van der Waals surface area contributed by atoms with Crippen LogP contribution in [0.4, 0.5) is 0 Å². The third-order valence-electron chi connectivity index (χ3n) is 4.20. The molecule has 1 aromatic carbocycles. The molecule has 3 nitrogen and oxygen atoms in total. The minimum absolute atomic E-state index is 0.286. The van der Waals surface area contributed by atoms with Gasteiger partial charge in [0.25, 0.3) is 0 Å². The summed E-state index contributed by atoms with van der Waals surface area (Å²) in [6.45, 7) is 8.27. The van der Waals surface area contributed by atoms with Crippen molar-refractivity contribution in [2.75, 3.05) is 13.2 Å². The molecule has 0 spiro atoms. The molecule has 19 heavy (non-hydrogen) atoms. The first kappa shape index (κ1) is 12.8. The standard InChI is InChI=1S/C16H23NO2/c1-4-18-15-8-12-7-11(3)19-14(12)9-13(15)16-10(2)5-6-17-16/h8-11,16-17H,4-7H2,1-3H3.